The summed E-state index contributed by atoms with van der Waals surface area (Å²) in [4.78, 5) is 28.9. The van der Waals surface area contributed by atoms with Gasteiger partial charge in [0.15, 0.2) is 0 Å². The summed E-state index contributed by atoms with van der Waals surface area (Å²) >= 11 is 0. The molecule has 3 aromatic rings. The number of carbonyl (C=O) groups excluding carboxylic acids is 2. The van der Waals surface area contributed by atoms with Gasteiger partial charge in [-0.05, 0) is 131 Å². The number of alkyl halides is 6. The molecule has 13 heteroatoms. The van der Waals surface area contributed by atoms with Crippen molar-refractivity contribution in [2.45, 2.75) is 82.9 Å². The van der Waals surface area contributed by atoms with Crippen LogP contribution in [0, 0.1) is 0 Å². The van der Waals surface area contributed by atoms with E-state index in [0.29, 0.717) is 28.8 Å². The molecule has 3 aromatic carbocycles. The summed E-state index contributed by atoms with van der Waals surface area (Å²) in [6.45, 7) is 7.21. The average molecular weight is 720 g/mol. The Kier molecular flexibility index (Phi) is 11.4. The zero-order valence-electron chi connectivity index (χ0n) is 29.1. The van der Waals surface area contributed by atoms with Crippen LogP contribution >= 0.6 is 0 Å². The van der Waals surface area contributed by atoms with Crippen LogP contribution in [0.4, 0.5) is 32.0 Å². The predicted molar refractivity (Wildman–Crippen MR) is 182 cm³/mol. The SMILES string of the molecule is COc1ccc(-c2ccc(NC(=O)c3ccc(C4CCN(CC(=O)OC(C)(C)C)CC4)cc3)cc2CN2CCC[C@H]2C(F)(F)F)cc1C(F)(F)F. The van der Waals surface area contributed by atoms with Crippen molar-refractivity contribution in [3.8, 4) is 16.9 Å². The average Bonchev–Trinajstić information content (AvgIpc) is 3.53. The fraction of sp³-hybridized carbons (Fsp3) is 0.474. The highest BCUT2D eigenvalue weighted by Gasteiger charge is 2.46. The Hall–Kier alpha value is -4.10. The molecule has 2 heterocycles. The van der Waals surface area contributed by atoms with Crippen LogP contribution in [0.2, 0.25) is 0 Å². The fourth-order valence-corrected chi connectivity index (χ4v) is 6.88. The number of ether oxygens (including phenoxy) is 2. The molecule has 2 saturated heterocycles. The van der Waals surface area contributed by atoms with Crippen LogP contribution in [-0.2, 0) is 22.3 Å². The summed E-state index contributed by atoms with van der Waals surface area (Å²) < 4.78 is 93.5. The van der Waals surface area contributed by atoms with Gasteiger partial charge in [0, 0.05) is 17.8 Å². The van der Waals surface area contributed by atoms with E-state index in [4.69, 9.17) is 9.47 Å². The highest BCUT2D eigenvalue weighted by molar-refractivity contribution is 6.04. The van der Waals surface area contributed by atoms with Gasteiger partial charge in [0.25, 0.3) is 5.91 Å². The van der Waals surface area contributed by atoms with Gasteiger partial charge in [-0.3, -0.25) is 19.4 Å². The van der Waals surface area contributed by atoms with Gasteiger partial charge in [-0.1, -0.05) is 24.3 Å². The molecule has 2 aliphatic rings. The number of anilines is 1. The van der Waals surface area contributed by atoms with E-state index >= 15 is 0 Å². The number of hydrogen-bond donors (Lipinski definition) is 1. The summed E-state index contributed by atoms with van der Waals surface area (Å²) in [5.74, 6) is -0.807. The van der Waals surface area contributed by atoms with Crippen molar-refractivity contribution in [2.75, 3.05) is 38.6 Å². The largest absolute Gasteiger partial charge is 0.496 e. The first kappa shape index (κ1) is 38.1. The molecule has 1 N–H and O–H groups in total. The second-order valence-corrected chi connectivity index (χ2v) is 14.2. The maximum absolute atomic E-state index is 13.9. The second-order valence-electron chi connectivity index (χ2n) is 14.2. The Bertz CT molecular complexity index is 1690. The van der Waals surface area contributed by atoms with Crippen LogP contribution in [0.1, 0.15) is 79.4 Å². The molecule has 0 aromatic heterocycles. The van der Waals surface area contributed by atoms with Crippen LogP contribution in [0.5, 0.6) is 5.75 Å². The first-order chi connectivity index (χ1) is 23.9. The van der Waals surface area contributed by atoms with E-state index < -0.39 is 35.5 Å². The van der Waals surface area contributed by atoms with Crippen molar-refractivity contribution in [2.24, 2.45) is 0 Å². The number of nitrogens with zero attached hydrogens (tertiary/aromatic N) is 2. The first-order valence-corrected chi connectivity index (χ1v) is 17.0. The molecule has 1 atom stereocenters. The first-order valence-electron chi connectivity index (χ1n) is 17.0. The Morgan fingerprint density at radius 1 is 0.863 bits per heavy atom. The van der Waals surface area contributed by atoms with Gasteiger partial charge in [0.05, 0.1) is 19.2 Å². The van der Waals surface area contributed by atoms with E-state index in [1.165, 1.54) is 35.2 Å². The zero-order chi connectivity index (χ0) is 37.1. The second kappa shape index (κ2) is 15.2. The fourth-order valence-electron chi connectivity index (χ4n) is 6.88. The third-order valence-electron chi connectivity index (χ3n) is 9.30. The third kappa shape index (κ3) is 9.82. The Morgan fingerprint density at radius 2 is 1.55 bits per heavy atom. The van der Waals surface area contributed by atoms with E-state index in [1.807, 2.05) is 32.9 Å². The third-order valence-corrected chi connectivity index (χ3v) is 9.30. The molecule has 5 rings (SSSR count). The number of carbonyl (C=O) groups is 2. The van der Waals surface area contributed by atoms with Crippen molar-refractivity contribution in [3.63, 3.8) is 0 Å². The lowest BCUT2D eigenvalue weighted by atomic mass is 9.89. The summed E-state index contributed by atoms with van der Waals surface area (Å²) in [6.07, 6.45) is -7.24. The molecule has 7 nitrogen and oxygen atoms in total. The van der Waals surface area contributed by atoms with Crippen LogP contribution in [0.15, 0.2) is 60.7 Å². The smallest absolute Gasteiger partial charge is 0.419 e. The number of esters is 1. The minimum Gasteiger partial charge on any atom is -0.496 e. The van der Waals surface area contributed by atoms with Gasteiger partial charge in [-0.15, -0.1) is 0 Å². The van der Waals surface area contributed by atoms with Crippen LogP contribution in [0.25, 0.3) is 11.1 Å². The Balaban J connectivity index is 1.32. The lowest BCUT2D eigenvalue weighted by Crippen LogP contribution is -2.40. The molecule has 0 radical (unpaired) electrons. The number of halogens is 6. The van der Waals surface area contributed by atoms with Crippen molar-refractivity contribution >= 4 is 17.6 Å². The van der Waals surface area contributed by atoms with E-state index in [2.05, 4.69) is 10.2 Å². The van der Waals surface area contributed by atoms with Crippen molar-refractivity contribution in [3.05, 3.63) is 82.9 Å². The minimum atomic E-state index is -4.72. The van der Waals surface area contributed by atoms with Crippen LogP contribution in [0.3, 0.4) is 0 Å². The monoisotopic (exact) mass is 719 g/mol. The highest BCUT2D eigenvalue weighted by atomic mass is 19.4. The molecule has 0 bridgehead atoms. The van der Waals surface area contributed by atoms with Crippen molar-refractivity contribution in [1.82, 2.24) is 9.80 Å². The number of methoxy groups -OCH3 is 1. The number of rotatable bonds is 9. The quantitative estimate of drug-likeness (QED) is 0.176. The van der Waals surface area contributed by atoms with E-state index in [9.17, 15) is 35.9 Å². The minimum absolute atomic E-state index is 0.0722. The zero-order valence-corrected chi connectivity index (χ0v) is 29.1. The lowest BCUT2D eigenvalue weighted by Gasteiger charge is -2.32. The molecule has 276 valence electrons. The van der Waals surface area contributed by atoms with Gasteiger partial charge in [-0.25, -0.2) is 0 Å². The van der Waals surface area contributed by atoms with Gasteiger partial charge >= 0.3 is 18.3 Å². The van der Waals surface area contributed by atoms with Gasteiger partial charge in [0.2, 0.25) is 0 Å². The molecular weight excluding hydrogens is 676 g/mol. The molecule has 51 heavy (non-hydrogen) atoms. The molecule has 0 aliphatic carbocycles. The summed E-state index contributed by atoms with van der Waals surface area (Å²) in [5, 5.41) is 2.81. The predicted octanol–water partition coefficient (Wildman–Crippen LogP) is 8.68. The Labute approximate surface area is 293 Å². The van der Waals surface area contributed by atoms with Crippen LogP contribution < -0.4 is 10.1 Å². The molecule has 1 amide bonds. The van der Waals surface area contributed by atoms with Gasteiger partial charge < -0.3 is 14.8 Å². The standard InChI is InChI=1S/C38H43F6N3O4/c1-36(2,3)51-34(48)23-46-18-15-25(16-19-46)24-7-9-26(10-8-24)35(49)45-29-12-13-30(27-11-14-32(50-4)31(21-27)37(39,40)41)28(20-29)22-47-17-5-6-33(47)38(42,43)44/h7-14,20-21,25,33H,5-6,15-19,22-23H2,1-4H3,(H,45,49)/t33-/m0/s1. The lowest BCUT2D eigenvalue weighted by molar-refractivity contribution is -0.177. The molecular formula is C38H43F6N3O4. The van der Waals surface area contributed by atoms with Gasteiger partial charge in [0.1, 0.15) is 17.4 Å². The molecule has 2 fully saturated rings. The van der Waals surface area contributed by atoms with E-state index in [-0.39, 0.29) is 49.3 Å². The number of benzene rings is 3. The number of nitrogens with one attached hydrogen (secondary N) is 1. The number of hydrogen-bond acceptors (Lipinski definition) is 6. The molecule has 0 unspecified atom stereocenters. The Morgan fingerprint density at radius 3 is 2.16 bits per heavy atom. The molecule has 0 saturated carbocycles. The van der Waals surface area contributed by atoms with Gasteiger partial charge in [-0.2, -0.15) is 26.3 Å². The maximum Gasteiger partial charge on any atom is 0.419 e. The normalized spacial score (nSPS) is 18.1. The molecule has 0 spiro atoms. The number of amides is 1. The number of likely N-dealkylation sites (tertiary alicyclic amines) is 2. The topological polar surface area (TPSA) is 71.1 Å². The number of piperidine rings is 1. The summed E-state index contributed by atoms with van der Waals surface area (Å²) in [6, 6.07) is 13.6. The maximum atomic E-state index is 13.9. The summed E-state index contributed by atoms with van der Waals surface area (Å²) in [7, 11) is 1.13. The molecule has 2 aliphatic heterocycles. The van der Waals surface area contributed by atoms with Crippen molar-refractivity contribution in [1.29, 1.82) is 0 Å². The van der Waals surface area contributed by atoms with E-state index in [1.54, 1.807) is 12.1 Å². The van der Waals surface area contributed by atoms with Crippen LogP contribution in [-0.4, -0.2) is 72.8 Å². The highest BCUT2D eigenvalue weighted by Crippen LogP contribution is 2.41. The van der Waals surface area contributed by atoms with Crippen molar-refractivity contribution < 1.29 is 45.4 Å². The van der Waals surface area contributed by atoms with E-state index in [0.717, 1.165) is 44.7 Å². The summed E-state index contributed by atoms with van der Waals surface area (Å²) in [5.41, 5.74) is 1.01.